The molecule has 0 spiro atoms. The summed E-state index contributed by atoms with van der Waals surface area (Å²) in [7, 11) is 3.09. The van der Waals surface area contributed by atoms with Crippen LogP contribution in [0, 0.1) is 0 Å². The lowest BCUT2D eigenvalue weighted by molar-refractivity contribution is 0.101. The standard InChI is InChI=1S/C15H16O4/c1-4-11-5-6-14(19-11)15(16)10-7-12(17-2)9-13(8-10)18-3/h5-9H,4H2,1-3H3. The van der Waals surface area contributed by atoms with Gasteiger partial charge in [0.15, 0.2) is 5.76 Å². The summed E-state index contributed by atoms with van der Waals surface area (Å²) in [5.41, 5.74) is 0.480. The smallest absolute Gasteiger partial charge is 0.228 e. The van der Waals surface area contributed by atoms with Gasteiger partial charge in [-0.1, -0.05) is 6.92 Å². The van der Waals surface area contributed by atoms with E-state index >= 15 is 0 Å². The first-order valence-electron chi connectivity index (χ1n) is 6.04. The van der Waals surface area contributed by atoms with Gasteiger partial charge in [-0.3, -0.25) is 4.79 Å². The molecular formula is C15H16O4. The maximum absolute atomic E-state index is 12.3. The maximum Gasteiger partial charge on any atom is 0.228 e. The number of rotatable bonds is 5. The Bertz CT molecular complexity index is 561. The summed E-state index contributed by atoms with van der Waals surface area (Å²) in [6.45, 7) is 1.97. The molecule has 1 heterocycles. The van der Waals surface area contributed by atoms with Gasteiger partial charge >= 0.3 is 0 Å². The number of ketones is 1. The third kappa shape index (κ3) is 2.78. The fraction of sp³-hybridized carbons (Fsp3) is 0.267. The number of hydrogen-bond donors (Lipinski definition) is 0. The molecule has 0 radical (unpaired) electrons. The molecule has 0 amide bonds. The second kappa shape index (κ2) is 5.61. The Morgan fingerprint density at radius 1 is 1.11 bits per heavy atom. The van der Waals surface area contributed by atoms with Crippen molar-refractivity contribution in [2.24, 2.45) is 0 Å². The van der Waals surface area contributed by atoms with E-state index < -0.39 is 0 Å². The van der Waals surface area contributed by atoms with Gasteiger partial charge in [-0.2, -0.15) is 0 Å². The van der Waals surface area contributed by atoms with E-state index in [-0.39, 0.29) is 5.78 Å². The lowest BCUT2D eigenvalue weighted by atomic mass is 10.1. The highest BCUT2D eigenvalue weighted by molar-refractivity contribution is 6.07. The van der Waals surface area contributed by atoms with Crippen molar-refractivity contribution >= 4 is 5.78 Å². The van der Waals surface area contributed by atoms with Crippen LogP contribution in [0.2, 0.25) is 0 Å². The molecule has 2 rings (SSSR count). The first-order chi connectivity index (χ1) is 9.17. The highest BCUT2D eigenvalue weighted by Crippen LogP contribution is 2.24. The van der Waals surface area contributed by atoms with Gasteiger partial charge in [-0.25, -0.2) is 0 Å². The summed E-state index contributed by atoms with van der Waals surface area (Å²) in [5, 5.41) is 0. The number of carbonyl (C=O) groups excluding carboxylic acids is 1. The van der Waals surface area contributed by atoms with Crippen LogP contribution < -0.4 is 9.47 Å². The third-order valence-corrected chi connectivity index (χ3v) is 2.85. The highest BCUT2D eigenvalue weighted by Gasteiger charge is 2.15. The normalized spacial score (nSPS) is 10.3. The highest BCUT2D eigenvalue weighted by atomic mass is 16.5. The zero-order chi connectivity index (χ0) is 13.8. The molecule has 19 heavy (non-hydrogen) atoms. The lowest BCUT2D eigenvalue weighted by Crippen LogP contribution is -2.01. The zero-order valence-corrected chi connectivity index (χ0v) is 11.2. The van der Waals surface area contributed by atoms with Crippen LogP contribution in [0.15, 0.2) is 34.7 Å². The fourth-order valence-electron chi connectivity index (χ4n) is 1.77. The summed E-state index contributed by atoms with van der Waals surface area (Å²) < 4.78 is 15.8. The van der Waals surface area contributed by atoms with Gasteiger partial charge in [0.1, 0.15) is 17.3 Å². The van der Waals surface area contributed by atoms with Crippen molar-refractivity contribution in [3.8, 4) is 11.5 Å². The molecule has 0 aliphatic heterocycles. The molecular weight excluding hydrogens is 244 g/mol. The van der Waals surface area contributed by atoms with E-state index in [0.717, 1.165) is 12.2 Å². The Hall–Kier alpha value is -2.23. The summed E-state index contributed by atoms with van der Waals surface area (Å²) in [6, 6.07) is 8.55. The summed E-state index contributed by atoms with van der Waals surface area (Å²) >= 11 is 0. The van der Waals surface area contributed by atoms with Crippen LogP contribution in [0.25, 0.3) is 0 Å². The van der Waals surface area contributed by atoms with Crippen molar-refractivity contribution in [1.82, 2.24) is 0 Å². The molecule has 2 aromatic rings. The van der Waals surface area contributed by atoms with Crippen molar-refractivity contribution < 1.29 is 18.7 Å². The minimum Gasteiger partial charge on any atom is -0.497 e. The molecule has 0 N–H and O–H groups in total. The SMILES string of the molecule is CCc1ccc(C(=O)c2cc(OC)cc(OC)c2)o1. The van der Waals surface area contributed by atoms with Crippen LogP contribution in [-0.2, 0) is 6.42 Å². The van der Waals surface area contributed by atoms with Crippen molar-refractivity contribution in [3.63, 3.8) is 0 Å². The van der Waals surface area contributed by atoms with Gasteiger partial charge < -0.3 is 13.9 Å². The van der Waals surface area contributed by atoms with Gasteiger partial charge in [0.25, 0.3) is 0 Å². The molecule has 4 heteroatoms. The number of benzene rings is 1. The number of carbonyl (C=O) groups is 1. The van der Waals surface area contributed by atoms with E-state index in [2.05, 4.69) is 0 Å². The predicted octanol–water partition coefficient (Wildman–Crippen LogP) is 3.09. The van der Waals surface area contributed by atoms with Gasteiger partial charge in [0, 0.05) is 18.1 Å². The van der Waals surface area contributed by atoms with Crippen LogP contribution in [0.4, 0.5) is 0 Å². The van der Waals surface area contributed by atoms with Crippen LogP contribution >= 0.6 is 0 Å². The molecule has 0 aliphatic rings. The molecule has 4 nitrogen and oxygen atoms in total. The van der Waals surface area contributed by atoms with E-state index in [9.17, 15) is 4.79 Å². The molecule has 100 valence electrons. The second-order valence-corrected chi connectivity index (χ2v) is 4.05. The van der Waals surface area contributed by atoms with Gasteiger partial charge in [0.05, 0.1) is 14.2 Å². The second-order valence-electron chi connectivity index (χ2n) is 4.05. The molecule has 1 aromatic carbocycles. The molecule has 0 saturated carbocycles. The number of aryl methyl sites for hydroxylation is 1. The largest absolute Gasteiger partial charge is 0.497 e. The number of methoxy groups -OCH3 is 2. The van der Waals surface area contributed by atoms with Crippen molar-refractivity contribution in [2.75, 3.05) is 14.2 Å². The minimum atomic E-state index is -0.183. The molecule has 0 aliphatic carbocycles. The Morgan fingerprint density at radius 3 is 2.21 bits per heavy atom. The first kappa shape index (κ1) is 13.2. The molecule has 0 bridgehead atoms. The average molecular weight is 260 g/mol. The summed E-state index contributed by atoms with van der Waals surface area (Å²) in [4.78, 5) is 12.3. The first-order valence-corrected chi connectivity index (χ1v) is 6.04. The van der Waals surface area contributed by atoms with Gasteiger partial charge in [-0.05, 0) is 24.3 Å². The monoisotopic (exact) mass is 260 g/mol. The Morgan fingerprint density at radius 2 is 1.74 bits per heavy atom. The Labute approximate surface area is 111 Å². The van der Waals surface area contributed by atoms with Crippen LogP contribution in [0.5, 0.6) is 11.5 Å². The number of furan rings is 1. The molecule has 0 fully saturated rings. The molecule has 0 saturated heterocycles. The number of hydrogen-bond acceptors (Lipinski definition) is 4. The van der Waals surface area contributed by atoms with E-state index in [1.165, 1.54) is 0 Å². The van der Waals surface area contributed by atoms with E-state index in [1.54, 1.807) is 38.5 Å². The number of ether oxygens (including phenoxy) is 2. The zero-order valence-electron chi connectivity index (χ0n) is 11.2. The fourth-order valence-corrected chi connectivity index (χ4v) is 1.77. The quantitative estimate of drug-likeness (QED) is 0.775. The molecule has 0 atom stereocenters. The van der Waals surface area contributed by atoms with Crippen LogP contribution in [0.3, 0.4) is 0 Å². The van der Waals surface area contributed by atoms with Crippen LogP contribution in [-0.4, -0.2) is 20.0 Å². The summed E-state index contributed by atoms with van der Waals surface area (Å²) in [5.74, 6) is 2.08. The Balaban J connectivity index is 2.37. The van der Waals surface area contributed by atoms with E-state index in [0.29, 0.717) is 22.8 Å². The van der Waals surface area contributed by atoms with Gasteiger partial charge in [-0.15, -0.1) is 0 Å². The predicted molar refractivity (Wildman–Crippen MR) is 71.1 cm³/mol. The van der Waals surface area contributed by atoms with Gasteiger partial charge in [0.2, 0.25) is 5.78 Å². The van der Waals surface area contributed by atoms with E-state index in [1.807, 2.05) is 13.0 Å². The Kier molecular flexibility index (Phi) is 3.90. The minimum absolute atomic E-state index is 0.183. The van der Waals surface area contributed by atoms with Crippen molar-refractivity contribution in [2.45, 2.75) is 13.3 Å². The molecule has 1 aromatic heterocycles. The van der Waals surface area contributed by atoms with Crippen molar-refractivity contribution in [1.29, 1.82) is 0 Å². The summed E-state index contributed by atoms with van der Waals surface area (Å²) in [6.07, 6.45) is 0.759. The maximum atomic E-state index is 12.3. The van der Waals surface area contributed by atoms with Crippen LogP contribution in [0.1, 0.15) is 28.8 Å². The molecule has 0 unspecified atom stereocenters. The van der Waals surface area contributed by atoms with Crippen molar-refractivity contribution in [3.05, 3.63) is 47.4 Å². The lowest BCUT2D eigenvalue weighted by Gasteiger charge is -2.06. The third-order valence-electron chi connectivity index (χ3n) is 2.85. The van der Waals surface area contributed by atoms with E-state index in [4.69, 9.17) is 13.9 Å². The topological polar surface area (TPSA) is 48.7 Å². The average Bonchev–Trinajstić information content (AvgIpc) is 2.94.